The van der Waals surface area contributed by atoms with Crippen molar-refractivity contribution >= 4 is 28.2 Å². The van der Waals surface area contributed by atoms with E-state index in [1.54, 1.807) is 6.07 Å². The van der Waals surface area contributed by atoms with Crippen molar-refractivity contribution < 1.29 is 4.39 Å². The Hall–Kier alpha value is -1.04. The first-order chi connectivity index (χ1) is 7.60. The molecule has 0 unspecified atom stereocenters. The molecule has 0 radical (unpaired) electrons. The lowest BCUT2D eigenvalue weighted by Gasteiger charge is -2.04. The van der Waals surface area contributed by atoms with Crippen molar-refractivity contribution in [3.63, 3.8) is 0 Å². The Balaban J connectivity index is 3.22. The molecular weight excluding hydrogens is 248 g/mol. The van der Waals surface area contributed by atoms with Crippen LogP contribution in [0.3, 0.4) is 0 Å². The van der Waals surface area contributed by atoms with Gasteiger partial charge in [-0.1, -0.05) is 36.5 Å². The van der Waals surface area contributed by atoms with E-state index in [-0.39, 0.29) is 10.6 Å². The highest BCUT2D eigenvalue weighted by molar-refractivity contribution is 6.49. The van der Waals surface area contributed by atoms with Crippen LogP contribution < -0.4 is 0 Å². The van der Waals surface area contributed by atoms with E-state index < -0.39 is 5.82 Å². The number of hydrogen-bond donors (Lipinski definition) is 0. The summed E-state index contributed by atoms with van der Waals surface area (Å²) in [4.78, 5) is 0. The monoisotopic (exact) mass is 257 g/mol. The molecule has 0 aromatic heterocycles. The summed E-state index contributed by atoms with van der Waals surface area (Å²) < 4.78 is 13.5. The zero-order valence-corrected chi connectivity index (χ0v) is 10.2. The van der Waals surface area contributed by atoms with Gasteiger partial charge in [-0.25, -0.2) is 4.39 Å². The molecule has 0 saturated carbocycles. The summed E-state index contributed by atoms with van der Waals surface area (Å²) in [6.07, 6.45) is 1.33. The molecule has 0 bridgehead atoms. The average molecular weight is 258 g/mol. The van der Waals surface area contributed by atoms with E-state index in [2.05, 4.69) is 0 Å². The van der Waals surface area contributed by atoms with Crippen LogP contribution in [0.4, 0.5) is 4.39 Å². The largest absolute Gasteiger partial charge is 0.206 e. The van der Waals surface area contributed by atoms with Crippen molar-refractivity contribution in [3.8, 4) is 6.07 Å². The van der Waals surface area contributed by atoms with Crippen molar-refractivity contribution in [2.75, 3.05) is 0 Å². The molecule has 1 rings (SSSR count). The SMILES string of the molecule is CCCC(C#N)=C(Cl)c1ccc(Cl)cc1F. The van der Waals surface area contributed by atoms with E-state index in [9.17, 15) is 4.39 Å². The molecule has 0 N–H and O–H groups in total. The third-order valence-corrected chi connectivity index (χ3v) is 2.73. The molecule has 1 nitrogen and oxygen atoms in total. The predicted octanol–water partition coefficient (Wildman–Crippen LogP) is 4.75. The summed E-state index contributed by atoms with van der Waals surface area (Å²) >= 11 is 11.6. The fraction of sp³-hybridized carbons (Fsp3) is 0.250. The minimum absolute atomic E-state index is 0.165. The van der Waals surface area contributed by atoms with Gasteiger partial charge in [0.2, 0.25) is 0 Å². The second-order valence-corrected chi connectivity index (χ2v) is 4.09. The first-order valence-corrected chi connectivity index (χ1v) is 5.60. The van der Waals surface area contributed by atoms with Crippen molar-refractivity contribution in [1.82, 2.24) is 0 Å². The molecule has 0 atom stereocenters. The zero-order chi connectivity index (χ0) is 12.1. The Morgan fingerprint density at radius 1 is 1.50 bits per heavy atom. The van der Waals surface area contributed by atoms with Crippen LogP contribution in [0, 0.1) is 17.1 Å². The quantitative estimate of drug-likeness (QED) is 0.717. The molecule has 1 aromatic carbocycles. The highest BCUT2D eigenvalue weighted by Crippen LogP contribution is 2.28. The van der Waals surface area contributed by atoms with Gasteiger partial charge in [-0.3, -0.25) is 0 Å². The molecule has 0 heterocycles. The van der Waals surface area contributed by atoms with Gasteiger partial charge in [-0.15, -0.1) is 0 Å². The third-order valence-electron chi connectivity index (χ3n) is 2.07. The second kappa shape index (κ2) is 5.89. The van der Waals surface area contributed by atoms with Crippen LogP contribution in [0.25, 0.3) is 5.03 Å². The minimum Gasteiger partial charge on any atom is -0.206 e. The molecule has 16 heavy (non-hydrogen) atoms. The van der Waals surface area contributed by atoms with E-state index in [4.69, 9.17) is 28.5 Å². The lowest BCUT2D eigenvalue weighted by Crippen LogP contribution is -1.89. The predicted molar refractivity (Wildman–Crippen MR) is 64.7 cm³/mol. The highest BCUT2D eigenvalue weighted by Gasteiger charge is 2.11. The maximum atomic E-state index is 13.5. The number of nitrogens with zero attached hydrogens (tertiary/aromatic N) is 1. The summed E-state index contributed by atoms with van der Waals surface area (Å²) in [5, 5.41) is 9.36. The van der Waals surface area contributed by atoms with Gasteiger partial charge in [0.25, 0.3) is 0 Å². The van der Waals surface area contributed by atoms with Gasteiger partial charge in [0.05, 0.1) is 11.1 Å². The topological polar surface area (TPSA) is 23.8 Å². The van der Waals surface area contributed by atoms with Crippen molar-refractivity contribution in [1.29, 1.82) is 5.26 Å². The Bertz CT molecular complexity index is 461. The molecule has 0 spiro atoms. The number of benzene rings is 1. The van der Waals surface area contributed by atoms with Crippen LogP contribution in [0.5, 0.6) is 0 Å². The third kappa shape index (κ3) is 2.98. The van der Waals surface area contributed by atoms with Gasteiger partial charge in [0.1, 0.15) is 5.82 Å². The number of halogens is 3. The number of hydrogen-bond acceptors (Lipinski definition) is 1. The molecule has 0 aliphatic rings. The molecule has 0 aliphatic carbocycles. The first-order valence-electron chi connectivity index (χ1n) is 4.84. The van der Waals surface area contributed by atoms with Crippen LogP contribution in [0.2, 0.25) is 5.02 Å². The van der Waals surface area contributed by atoms with Gasteiger partial charge < -0.3 is 0 Å². The van der Waals surface area contributed by atoms with Crippen LogP contribution >= 0.6 is 23.2 Å². The van der Waals surface area contributed by atoms with Gasteiger partial charge in [0.15, 0.2) is 0 Å². The summed E-state index contributed by atoms with van der Waals surface area (Å²) in [7, 11) is 0. The summed E-state index contributed by atoms with van der Waals surface area (Å²) in [6, 6.07) is 6.20. The zero-order valence-electron chi connectivity index (χ0n) is 8.73. The number of nitriles is 1. The summed E-state index contributed by atoms with van der Waals surface area (Å²) in [5.41, 5.74) is 0.612. The minimum atomic E-state index is -0.513. The normalized spacial score (nSPS) is 11.9. The molecule has 0 amide bonds. The lowest BCUT2D eigenvalue weighted by molar-refractivity contribution is 0.624. The Morgan fingerprint density at radius 2 is 2.19 bits per heavy atom. The molecule has 0 saturated heterocycles. The molecule has 84 valence electrons. The molecule has 1 aromatic rings. The first kappa shape index (κ1) is 13.0. The molecule has 0 aliphatic heterocycles. The van der Waals surface area contributed by atoms with Crippen LogP contribution in [-0.2, 0) is 0 Å². The molecule has 0 fully saturated rings. The van der Waals surface area contributed by atoms with E-state index in [0.29, 0.717) is 17.0 Å². The van der Waals surface area contributed by atoms with Crippen molar-refractivity contribution in [2.45, 2.75) is 19.8 Å². The maximum Gasteiger partial charge on any atom is 0.133 e. The smallest absolute Gasteiger partial charge is 0.133 e. The van der Waals surface area contributed by atoms with E-state index in [1.807, 2.05) is 13.0 Å². The maximum absolute atomic E-state index is 13.5. The summed E-state index contributed by atoms with van der Waals surface area (Å²) in [6.45, 7) is 1.93. The number of allylic oxidation sites excluding steroid dienone is 1. The van der Waals surface area contributed by atoms with Crippen LogP contribution in [-0.4, -0.2) is 0 Å². The van der Waals surface area contributed by atoms with Gasteiger partial charge >= 0.3 is 0 Å². The Morgan fingerprint density at radius 3 is 2.69 bits per heavy atom. The van der Waals surface area contributed by atoms with Gasteiger partial charge in [-0.2, -0.15) is 5.26 Å². The standard InChI is InChI=1S/C12H10Cl2FN/c1-2-3-8(7-16)12(14)10-5-4-9(13)6-11(10)15/h4-6H,2-3H2,1H3. The van der Waals surface area contributed by atoms with Gasteiger partial charge in [0, 0.05) is 16.2 Å². The molecular formula is C12H10Cl2FN. The Labute approximate surface area is 104 Å². The fourth-order valence-corrected chi connectivity index (χ4v) is 1.74. The van der Waals surface area contributed by atoms with E-state index >= 15 is 0 Å². The summed E-state index contributed by atoms with van der Waals surface area (Å²) in [5.74, 6) is -0.513. The van der Waals surface area contributed by atoms with E-state index in [1.165, 1.54) is 12.1 Å². The molecule has 4 heteroatoms. The fourth-order valence-electron chi connectivity index (χ4n) is 1.29. The van der Waals surface area contributed by atoms with E-state index in [0.717, 1.165) is 6.42 Å². The van der Waals surface area contributed by atoms with Crippen molar-refractivity contribution in [3.05, 3.63) is 40.2 Å². The Kier molecular flexibility index (Phi) is 4.79. The van der Waals surface area contributed by atoms with Gasteiger partial charge in [-0.05, 0) is 24.6 Å². The van der Waals surface area contributed by atoms with Crippen LogP contribution in [0.15, 0.2) is 23.8 Å². The lowest BCUT2D eigenvalue weighted by atomic mass is 10.1. The average Bonchev–Trinajstić information content (AvgIpc) is 2.25. The number of rotatable bonds is 3. The second-order valence-electron chi connectivity index (χ2n) is 3.28. The van der Waals surface area contributed by atoms with Crippen LogP contribution in [0.1, 0.15) is 25.3 Å². The highest BCUT2D eigenvalue weighted by atomic mass is 35.5. The van der Waals surface area contributed by atoms with Crippen molar-refractivity contribution in [2.24, 2.45) is 0 Å².